The first kappa shape index (κ1) is 29.8. The average molecular weight is 566 g/mol. The smallest absolute Gasteiger partial charge is 0.141 e. The van der Waals surface area contributed by atoms with Gasteiger partial charge in [0, 0.05) is 22.5 Å². The van der Waals surface area contributed by atoms with Crippen LogP contribution in [0.3, 0.4) is 0 Å². The van der Waals surface area contributed by atoms with E-state index in [0.717, 1.165) is 0 Å². The van der Waals surface area contributed by atoms with Crippen molar-refractivity contribution in [3.05, 3.63) is 88.5 Å². The van der Waals surface area contributed by atoms with Gasteiger partial charge >= 0.3 is 0 Å². The normalized spacial score (nSPS) is 22.7. The lowest BCUT2D eigenvalue weighted by Crippen LogP contribution is -2.53. The second-order valence-corrected chi connectivity index (χ2v) is 16.6. The predicted molar refractivity (Wildman–Crippen MR) is 212 cm³/mol. The fraction of sp³-hybridized carbons (Fsp3) is 0.333. The highest BCUT2D eigenvalue weighted by Gasteiger charge is 2.47. The molecule has 0 unspecified atom stereocenters. The largest absolute Gasteiger partial charge is 0.312 e. The van der Waals surface area contributed by atoms with Gasteiger partial charge in [-0.15, -0.1) is 0 Å². The van der Waals surface area contributed by atoms with Gasteiger partial charge in [-0.2, -0.15) is 0 Å². The topological polar surface area (TPSA) is 3.24 Å². The van der Waals surface area contributed by atoms with E-state index < -0.39 is 0 Å². The second kappa shape index (κ2) is 9.57. The molecule has 4 aliphatic rings. The number of benzene rings is 4. The standard InChI is InChI=1S/C36H44B7N/c1-33(2)23-8-6-5-7-21(23)22-17-19(9-11-24(22)33)44(32-30(39)28(37)27(36(41,42)43)29(38)31(32)40)20-10-12-25-26(18-20)35(4)15-13-34(25,3)14-16-35/h5-12,17-18H,13-16,37-43H2,1-4H3. The molecule has 4 aromatic rings. The summed E-state index contributed by atoms with van der Waals surface area (Å²) in [5.41, 5.74) is 20.3. The molecule has 8 rings (SSSR count). The molecule has 1 fully saturated rings. The number of fused-ring (bicyclic) bond motifs is 5. The van der Waals surface area contributed by atoms with Crippen LogP contribution >= 0.6 is 0 Å². The molecular formula is C36H44B7N. The molecule has 0 aliphatic heterocycles. The zero-order valence-electron chi connectivity index (χ0n) is 29.0. The Labute approximate surface area is 272 Å². The Morgan fingerprint density at radius 1 is 0.568 bits per heavy atom. The molecule has 1 saturated carbocycles. The summed E-state index contributed by atoms with van der Waals surface area (Å²) in [7, 11) is 16.5. The molecule has 0 atom stereocenters. The fourth-order valence-corrected chi connectivity index (χ4v) is 9.60. The number of anilines is 3. The van der Waals surface area contributed by atoms with Crippen molar-refractivity contribution in [1.29, 1.82) is 0 Å². The van der Waals surface area contributed by atoms with Gasteiger partial charge in [-0.3, -0.25) is 0 Å². The molecule has 0 spiro atoms. The summed E-state index contributed by atoms with van der Waals surface area (Å²) >= 11 is 0. The van der Waals surface area contributed by atoms with Crippen LogP contribution in [0.4, 0.5) is 17.1 Å². The zero-order chi connectivity index (χ0) is 31.6. The molecule has 2 bridgehead atoms. The van der Waals surface area contributed by atoms with E-state index in [2.05, 4.69) is 148 Å². The van der Waals surface area contributed by atoms with E-state index in [0.29, 0.717) is 5.41 Å². The van der Waals surface area contributed by atoms with Gasteiger partial charge < -0.3 is 4.90 Å². The Kier molecular flexibility index (Phi) is 6.49. The van der Waals surface area contributed by atoms with Crippen molar-refractivity contribution in [2.75, 3.05) is 4.90 Å². The molecule has 44 heavy (non-hydrogen) atoms. The molecule has 0 radical (unpaired) electrons. The maximum Gasteiger partial charge on any atom is 0.141 e. The lowest BCUT2D eigenvalue weighted by atomic mass is 9.37. The highest BCUT2D eigenvalue weighted by Crippen LogP contribution is 2.57. The van der Waals surface area contributed by atoms with Crippen molar-refractivity contribution in [3.8, 4) is 11.1 Å². The summed E-state index contributed by atoms with van der Waals surface area (Å²) in [5.74, 6) is 0. The van der Waals surface area contributed by atoms with Gasteiger partial charge in [0.15, 0.2) is 0 Å². The Hall–Kier alpha value is -2.87. The molecule has 8 heteroatoms. The minimum atomic E-state index is -0.00224. The quantitative estimate of drug-likeness (QED) is 0.305. The van der Waals surface area contributed by atoms with Gasteiger partial charge in [0.2, 0.25) is 0 Å². The average Bonchev–Trinajstić information content (AvgIpc) is 3.21. The molecule has 4 aliphatic carbocycles. The summed E-state index contributed by atoms with van der Waals surface area (Å²) in [5, 5.41) is 0.0883. The number of rotatable bonds is 4. The van der Waals surface area contributed by atoms with Crippen molar-refractivity contribution >= 4 is 93.8 Å². The summed E-state index contributed by atoms with van der Waals surface area (Å²) < 4.78 is 0. The predicted octanol–water partition coefficient (Wildman–Crippen LogP) is -0.391. The van der Waals surface area contributed by atoms with Gasteiger partial charge in [0.05, 0.1) is 23.5 Å². The molecule has 0 aromatic heterocycles. The molecule has 1 nitrogen and oxygen atoms in total. The second-order valence-electron chi connectivity index (χ2n) is 16.6. The maximum absolute atomic E-state index is 2.61. The van der Waals surface area contributed by atoms with Crippen LogP contribution in [0.25, 0.3) is 11.1 Å². The van der Waals surface area contributed by atoms with Gasteiger partial charge in [0.25, 0.3) is 0 Å². The Morgan fingerprint density at radius 2 is 1.07 bits per heavy atom. The summed E-state index contributed by atoms with van der Waals surface area (Å²) in [6.45, 7) is 9.78. The Balaban J connectivity index is 1.51. The van der Waals surface area contributed by atoms with Crippen molar-refractivity contribution in [2.45, 2.75) is 74.7 Å². The lowest BCUT2D eigenvalue weighted by Gasteiger charge is -2.52. The van der Waals surface area contributed by atoms with Crippen LogP contribution in [0.5, 0.6) is 0 Å². The van der Waals surface area contributed by atoms with Crippen molar-refractivity contribution < 1.29 is 0 Å². The van der Waals surface area contributed by atoms with Crippen LogP contribution in [0, 0.1) is 0 Å². The van der Waals surface area contributed by atoms with Crippen LogP contribution in [-0.2, 0) is 21.4 Å². The summed E-state index contributed by atoms with van der Waals surface area (Å²) in [6, 6.07) is 23.8. The maximum atomic E-state index is 2.61. The minimum absolute atomic E-state index is 0.00224. The van der Waals surface area contributed by atoms with Gasteiger partial charge in [-0.25, -0.2) is 0 Å². The van der Waals surface area contributed by atoms with Crippen molar-refractivity contribution in [1.82, 2.24) is 0 Å². The van der Waals surface area contributed by atoms with Crippen LogP contribution in [0.2, 0.25) is 0 Å². The lowest BCUT2D eigenvalue weighted by molar-refractivity contribution is 0.188. The van der Waals surface area contributed by atoms with Crippen LogP contribution in [0.15, 0.2) is 60.7 Å². The van der Waals surface area contributed by atoms with Crippen LogP contribution in [0.1, 0.15) is 81.2 Å². The highest BCUT2D eigenvalue weighted by atomic mass is 15.1. The SMILES string of the molecule is Bc1c(B)c(C(B)(B)B)c(B)c(B)c1N(c1ccc2c(c1)-c1ccccc1C2(C)C)c1ccc2c(c1)C1(C)CCC2(C)CC1. The van der Waals surface area contributed by atoms with Crippen molar-refractivity contribution in [3.63, 3.8) is 0 Å². The van der Waals surface area contributed by atoms with E-state index >= 15 is 0 Å². The molecule has 0 N–H and O–H groups in total. The van der Waals surface area contributed by atoms with E-state index in [1.54, 1.807) is 11.1 Å². The van der Waals surface area contributed by atoms with E-state index in [-0.39, 0.29) is 15.9 Å². The van der Waals surface area contributed by atoms with E-state index in [1.165, 1.54) is 92.4 Å². The molecule has 0 heterocycles. The summed E-state index contributed by atoms with van der Waals surface area (Å²) in [4.78, 5) is 2.61. The minimum Gasteiger partial charge on any atom is -0.312 e. The van der Waals surface area contributed by atoms with Gasteiger partial charge in [-0.1, -0.05) is 96.6 Å². The first-order chi connectivity index (χ1) is 20.6. The molecule has 214 valence electrons. The molecule has 0 amide bonds. The Bertz CT molecular complexity index is 1830. The van der Waals surface area contributed by atoms with E-state index in [1.807, 2.05) is 0 Å². The third-order valence-corrected chi connectivity index (χ3v) is 12.4. The number of hydrogen-bond donors (Lipinski definition) is 0. The number of hydrogen-bond acceptors (Lipinski definition) is 1. The molecule has 4 aromatic carbocycles. The van der Waals surface area contributed by atoms with Crippen LogP contribution in [-0.4, -0.2) is 54.9 Å². The van der Waals surface area contributed by atoms with Gasteiger partial charge in [-0.05, 0) is 94.2 Å². The third kappa shape index (κ3) is 4.08. The molecule has 0 saturated heterocycles. The van der Waals surface area contributed by atoms with Gasteiger partial charge in [0.1, 0.15) is 31.4 Å². The van der Waals surface area contributed by atoms with E-state index in [9.17, 15) is 0 Å². The highest BCUT2D eigenvalue weighted by molar-refractivity contribution is 6.66. The molecular weight excluding hydrogens is 522 g/mol. The summed E-state index contributed by atoms with van der Waals surface area (Å²) in [6.07, 6.45) is 5.21. The Morgan fingerprint density at radius 3 is 1.66 bits per heavy atom. The fourth-order valence-electron chi connectivity index (χ4n) is 9.60. The first-order valence-electron chi connectivity index (χ1n) is 16.9. The van der Waals surface area contributed by atoms with Crippen LogP contribution < -0.4 is 26.8 Å². The number of nitrogens with zero attached hydrogens (tertiary/aromatic N) is 1. The third-order valence-electron chi connectivity index (χ3n) is 12.4. The van der Waals surface area contributed by atoms with Crippen molar-refractivity contribution in [2.24, 2.45) is 0 Å². The van der Waals surface area contributed by atoms with E-state index in [4.69, 9.17) is 0 Å². The first-order valence-corrected chi connectivity index (χ1v) is 16.9. The monoisotopic (exact) mass is 567 g/mol. The zero-order valence-corrected chi connectivity index (χ0v) is 29.0.